The lowest BCUT2D eigenvalue weighted by atomic mass is 10.1. The molecular weight excluding hydrogens is 418 g/mol. The van der Waals surface area contributed by atoms with Crippen molar-refractivity contribution in [1.82, 2.24) is 4.31 Å². The summed E-state index contributed by atoms with van der Waals surface area (Å²) < 4.78 is 33.7. The Morgan fingerprint density at radius 1 is 1.53 bits per heavy atom. The van der Waals surface area contributed by atoms with Gasteiger partial charge in [0, 0.05) is 18.4 Å². The summed E-state index contributed by atoms with van der Waals surface area (Å²) in [5.74, 6) is 0. The Hall–Kier alpha value is 0.530. The molecule has 2 heterocycles. The van der Waals surface area contributed by atoms with Gasteiger partial charge in [-0.05, 0) is 41.9 Å². The van der Waals surface area contributed by atoms with Gasteiger partial charge in [0.15, 0.2) is 0 Å². The van der Waals surface area contributed by atoms with Crippen LogP contribution in [0.25, 0.3) is 0 Å². The van der Waals surface area contributed by atoms with Gasteiger partial charge in [0.2, 0.25) is 0 Å². The minimum atomic E-state index is -3.43. The van der Waals surface area contributed by atoms with E-state index in [2.05, 4.69) is 31.9 Å². The minimum absolute atomic E-state index is 0.123. The molecule has 0 aliphatic carbocycles. The van der Waals surface area contributed by atoms with E-state index < -0.39 is 15.6 Å². The lowest BCUT2D eigenvalue weighted by molar-refractivity contribution is -0.106. The first kappa shape index (κ1) is 15.9. The van der Waals surface area contributed by atoms with E-state index in [1.807, 2.05) is 13.8 Å². The Bertz CT molecular complexity index is 556. The number of rotatable bonds is 3. The minimum Gasteiger partial charge on any atom is -0.369 e. The number of morpholine rings is 1. The van der Waals surface area contributed by atoms with Gasteiger partial charge in [-0.2, -0.15) is 4.31 Å². The summed E-state index contributed by atoms with van der Waals surface area (Å²) in [5, 5.41) is 0.622. The normalized spacial score (nSPS) is 24.5. The first-order valence-electron chi connectivity index (χ1n) is 5.74. The van der Waals surface area contributed by atoms with Gasteiger partial charge < -0.3 is 4.74 Å². The van der Waals surface area contributed by atoms with E-state index in [0.717, 1.165) is 3.79 Å². The van der Waals surface area contributed by atoms with Crippen molar-refractivity contribution in [1.29, 1.82) is 0 Å². The second kappa shape index (κ2) is 5.73. The second-order valence-corrected chi connectivity index (χ2v) is 10.3. The fraction of sp³-hybridized carbons (Fsp3) is 0.636. The van der Waals surface area contributed by atoms with Crippen LogP contribution in [0.15, 0.2) is 20.1 Å². The van der Waals surface area contributed by atoms with Crippen LogP contribution < -0.4 is 0 Å². The van der Waals surface area contributed by atoms with E-state index in [4.69, 9.17) is 4.74 Å². The molecule has 0 N–H and O–H groups in total. The number of halogens is 2. The van der Waals surface area contributed by atoms with Crippen molar-refractivity contribution in [3.63, 3.8) is 0 Å². The Labute approximate surface area is 134 Å². The van der Waals surface area contributed by atoms with Crippen molar-refractivity contribution in [2.24, 2.45) is 0 Å². The zero-order valence-electron chi connectivity index (χ0n) is 10.6. The summed E-state index contributed by atoms with van der Waals surface area (Å²) in [6.45, 7) is 4.57. The molecule has 1 aliphatic heterocycles. The summed E-state index contributed by atoms with van der Waals surface area (Å²) >= 11 is 7.90. The molecule has 1 aromatic rings. The second-order valence-electron chi connectivity index (χ2n) is 5.01. The molecule has 108 valence electrons. The van der Waals surface area contributed by atoms with Gasteiger partial charge in [0.25, 0.3) is 10.0 Å². The standard InChI is InChI=1S/C11H15Br2NO3S2/c1-11(2)7-14(6-8(5-12)17-11)19(15,16)10-4-3-9(13)18-10/h3-4,8H,5-7H2,1-2H3. The number of alkyl halides is 1. The third-order valence-electron chi connectivity index (χ3n) is 2.76. The summed E-state index contributed by atoms with van der Waals surface area (Å²) in [6.07, 6.45) is -0.123. The maximum Gasteiger partial charge on any atom is 0.252 e. The molecule has 19 heavy (non-hydrogen) atoms. The monoisotopic (exact) mass is 431 g/mol. The number of nitrogens with zero attached hydrogens (tertiary/aromatic N) is 1. The fourth-order valence-electron chi connectivity index (χ4n) is 2.07. The SMILES string of the molecule is CC1(C)CN(S(=O)(=O)c2ccc(Br)s2)CC(CBr)O1. The van der Waals surface area contributed by atoms with Crippen LogP contribution in [-0.4, -0.2) is 42.8 Å². The van der Waals surface area contributed by atoms with Gasteiger partial charge in [0.05, 0.1) is 15.5 Å². The molecule has 1 aromatic heterocycles. The molecule has 1 fully saturated rings. The van der Waals surface area contributed by atoms with Gasteiger partial charge in [0.1, 0.15) is 4.21 Å². The molecule has 0 spiro atoms. The average Bonchev–Trinajstić information content (AvgIpc) is 2.74. The predicted molar refractivity (Wildman–Crippen MR) is 83.5 cm³/mol. The largest absolute Gasteiger partial charge is 0.369 e. The number of sulfonamides is 1. The highest BCUT2D eigenvalue weighted by Crippen LogP contribution is 2.32. The summed E-state index contributed by atoms with van der Waals surface area (Å²) in [5.41, 5.74) is -0.474. The van der Waals surface area contributed by atoms with Crippen LogP contribution in [0.1, 0.15) is 13.8 Å². The quantitative estimate of drug-likeness (QED) is 0.689. The summed E-state index contributed by atoms with van der Waals surface area (Å²) in [6, 6.07) is 3.39. The van der Waals surface area contributed by atoms with Gasteiger partial charge in [-0.3, -0.25) is 0 Å². The van der Waals surface area contributed by atoms with Crippen molar-refractivity contribution in [3.05, 3.63) is 15.9 Å². The number of thiophene rings is 1. The van der Waals surface area contributed by atoms with E-state index in [-0.39, 0.29) is 6.10 Å². The molecule has 1 saturated heterocycles. The Morgan fingerprint density at radius 2 is 2.21 bits per heavy atom. The average molecular weight is 433 g/mol. The molecule has 1 atom stereocenters. The maximum absolute atomic E-state index is 12.6. The highest BCUT2D eigenvalue weighted by atomic mass is 79.9. The zero-order valence-corrected chi connectivity index (χ0v) is 15.4. The molecule has 0 amide bonds. The van der Waals surface area contributed by atoms with Crippen LogP contribution >= 0.6 is 43.2 Å². The van der Waals surface area contributed by atoms with Crippen LogP contribution in [0, 0.1) is 0 Å². The van der Waals surface area contributed by atoms with Crippen LogP contribution in [0.2, 0.25) is 0 Å². The van der Waals surface area contributed by atoms with Crippen LogP contribution in [0.4, 0.5) is 0 Å². The van der Waals surface area contributed by atoms with E-state index >= 15 is 0 Å². The number of ether oxygens (including phenoxy) is 1. The topological polar surface area (TPSA) is 46.6 Å². The molecule has 4 nitrogen and oxygen atoms in total. The van der Waals surface area contributed by atoms with Crippen LogP contribution in [0.5, 0.6) is 0 Å². The predicted octanol–water partition coefficient (Wildman–Crippen LogP) is 3.07. The van der Waals surface area contributed by atoms with Crippen molar-refractivity contribution < 1.29 is 13.2 Å². The van der Waals surface area contributed by atoms with E-state index in [0.29, 0.717) is 22.6 Å². The lowest BCUT2D eigenvalue weighted by Gasteiger charge is -2.41. The first-order chi connectivity index (χ1) is 8.74. The van der Waals surface area contributed by atoms with Gasteiger partial charge in [-0.15, -0.1) is 11.3 Å². The fourth-order valence-corrected chi connectivity index (χ4v) is 6.19. The molecule has 0 radical (unpaired) electrons. The van der Waals surface area contributed by atoms with Crippen molar-refractivity contribution in [2.45, 2.75) is 29.8 Å². The van der Waals surface area contributed by atoms with E-state index in [9.17, 15) is 8.42 Å². The molecule has 1 aliphatic rings. The van der Waals surface area contributed by atoms with Crippen molar-refractivity contribution in [3.8, 4) is 0 Å². The molecule has 0 saturated carbocycles. The van der Waals surface area contributed by atoms with Crippen LogP contribution in [-0.2, 0) is 14.8 Å². The zero-order chi connectivity index (χ0) is 14.3. The first-order valence-corrected chi connectivity index (χ1v) is 9.91. The Kier molecular flexibility index (Phi) is 4.80. The van der Waals surface area contributed by atoms with Crippen LogP contribution in [0.3, 0.4) is 0 Å². The van der Waals surface area contributed by atoms with Gasteiger partial charge in [-0.1, -0.05) is 15.9 Å². The highest BCUT2D eigenvalue weighted by Gasteiger charge is 2.39. The van der Waals surface area contributed by atoms with Crippen molar-refractivity contribution in [2.75, 3.05) is 18.4 Å². The smallest absolute Gasteiger partial charge is 0.252 e. The molecule has 2 rings (SSSR count). The van der Waals surface area contributed by atoms with Gasteiger partial charge >= 0.3 is 0 Å². The van der Waals surface area contributed by atoms with E-state index in [1.165, 1.54) is 15.6 Å². The van der Waals surface area contributed by atoms with Gasteiger partial charge in [-0.25, -0.2) is 8.42 Å². The summed E-state index contributed by atoms with van der Waals surface area (Å²) in [7, 11) is -3.43. The molecule has 0 aromatic carbocycles. The number of hydrogen-bond donors (Lipinski definition) is 0. The Balaban J connectivity index is 2.29. The summed E-state index contributed by atoms with van der Waals surface area (Å²) in [4.78, 5) is 0. The third kappa shape index (κ3) is 3.59. The molecule has 0 bridgehead atoms. The molecule has 8 heteroatoms. The molecule has 1 unspecified atom stereocenters. The lowest BCUT2D eigenvalue weighted by Crippen LogP contribution is -2.54. The molecular formula is C11H15Br2NO3S2. The van der Waals surface area contributed by atoms with E-state index in [1.54, 1.807) is 12.1 Å². The highest BCUT2D eigenvalue weighted by molar-refractivity contribution is 9.11. The van der Waals surface area contributed by atoms with Crippen molar-refractivity contribution >= 4 is 53.2 Å². The third-order valence-corrected chi connectivity index (χ3v) is 7.39. The maximum atomic E-state index is 12.6. The Morgan fingerprint density at radius 3 is 2.74 bits per heavy atom. The number of hydrogen-bond acceptors (Lipinski definition) is 4.